The first-order valence-corrected chi connectivity index (χ1v) is 9.08. The number of hydrogen-bond acceptors (Lipinski definition) is 4. The molecule has 1 atom stereocenters. The lowest BCUT2D eigenvalue weighted by Gasteiger charge is -2.37. The van der Waals surface area contributed by atoms with Crippen molar-refractivity contribution >= 4 is 22.9 Å². The second-order valence-corrected chi connectivity index (χ2v) is 7.40. The SMILES string of the molecule is CN(Cc1nc2ccc(F)cc2[nH]1)C(=O)C1CC(=O)OC12CCCCC2. The predicted octanol–water partition coefficient (Wildman–Crippen LogP) is 2.93. The lowest BCUT2D eigenvalue weighted by Crippen LogP contribution is -2.46. The number of H-pyrrole nitrogens is 1. The summed E-state index contributed by atoms with van der Waals surface area (Å²) >= 11 is 0. The second-order valence-electron chi connectivity index (χ2n) is 7.40. The molecule has 7 heteroatoms. The predicted molar refractivity (Wildman–Crippen MR) is 92.5 cm³/mol. The lowest BCUT2D eigenvalue weighted by atomic mass is 9.75. The van der Waals surface area contributed by atoms with Crippen LogP contribution in [0.25, 0.3) is 11.0 Å². The van der Waals surface area contributed by atoms with Crippen LogP contribution in [-0.2, 0) is 20.9 Å². The van der Waals surface area contributed by atoms with E-state index in [0.29, 0.717) is 16.9 Å². The molecule has 1 saturated carbocycles. The maximum Gasteiger partial charge on any atom is 0.307 e. The number of benzene rings is 1. The normalized spacial score (nSPS) is 21.9. The second kappa shape index (κ2) is 6.37. The number of nitrogens with one attached hydrogen (secondary N) is 1. The van der Waals surface area contributed by atoms with Crippen molar-refractivity contribution in [3.63, 3.8) is 0 Å². The Kier molecular flexibility index (Phi) is 4.17. The Morgan fingerprint density at radius 2 is 2.15 bits per heavy atom. The highest BCUT2D eigenvalue weighted by molar-refractivity contribution is 5.87. The summed E-state index contributed by atoms with van der Waals surface area (Å²) in [5.41, 5.74) is 0.631. The number of amides is 1. The van der Waals surface area contributed by atoms with E-state index in [9.17, 15) is 14.0 Å². The highest BCUT2D eigenvalue weighted by atomic mass is 19.1. The van der Waals surface area contributed by atoms with E-state index in [2.05, 4.69) is 9.97 Å². The van der Waals surface area contributed by atoms with E-state index in [1.165, 1.54) is 12.1 Å². The maximum absolute atomic E-state index is 13.3. The summed E-state index contributed by atoms with van der Waals surface area (Å²) < 4.78 is 19.0. The number of fused-ring (bicyclic) bond motifs is 1. The van der Waals surface area contributed by atoms with E-state index < -0.39 is 11.5 Å². The van der Waals surface area contributed by atoms with Gasteiger partial charge in [-0.05, 0) is 43.9 Å². The number of rotatable bonds is 3. The number of aromatic nitrogens is 2. The number of carbonyl (C=O) groups is 2. The average molecular weight is 359 g/mol. The topological polar surface area (TPSA) is 75.3 Å². The number of hydrogen-bond donors (Lipinski definition) is 1. The summed E-state index contributed by atoms with van der Waals surface area (Å²) in [6.45, 7) is 0.274. The van der Waals surface area contributed by atoms with Crippen LogP contribution in [0.15, 0.2) is 18.2 Å². The van der Waals surface area contributed by atoms with Gasteiger partial charge in [-0.25, -0.2) is 9.37 Å². The van der Waals surface area contributed by atoms with Crippen LogP contribution in [0.3, 0.4) is 0 Å². The quantitative estimate of drug-likeness (QED) is 0.855. The van der Waals surface area contributed by atoms with Crippen molar-refractivity contribution in [1.82, 2.24) is 14.9 Å². The fourth-order valence-electron chi connectivity index (χ4n) is 4.28. The number of nitrogens with zero attached hydrogens (tertiary/aromatic N) is 2. The molecule has 0 radical (unpaired) electrons. The zero-order valence-corrected chi connectivity index (χ0v) is 14.8. The summed E-state index contributed by atoms with van der Waals surface area (Å²) in [6, 6.07) is 4.34. The van der Waals surface area contributed by atoms with Crippen molar-refractivity contribution in [2.75, 3.05) is 7.05 Å². The largest absolute Gasteiger partial charge is 0.458 e. The average Bonchev–Trinajstić information content (AvgIpc) is 3.14. The number of aromatic amines is 1. The fourth-order valence-corrected chi connectivity index (χ4v) is 4.28. The van der Waals surface area contributed by atoms with E-state index in [1.807, 2.05) is 0 Å². The van der Waals surface area contributed by atoms with Crippen molar-refractivity contribution in [3.05, 3.63) is 29.8 Å². The number of ether oxygens (including phenoxy) is 1. The van der Waals surface area contributed by atoms with Crippen LogP contribution in [0.1, 0.15) is 44.3 Å². The van der Waals surface area contributed by atoms with Crippen molar-refractivity contribution in [2.45, 2.75) is 50.7 Å². The molecule has 1 saturated heterocycles. The number of esters is 1. The van der Waals surface area contributed by atoms with Gasteiger partial charge in [0.15, 0.2) is 0 Å². The molecular weight excluding hydrogens is 337 g/mol. The van der Waals surface area contributed by atoms with Crippen molar-refractivity contribution in [2.24, 2.45) is 5.92 Å². The highest BCUT2D eigenvalue weighted by Gasteiger charge is 2.53. The molecule has 26 heavy (non-hydrogen) atoms. The van der Waals surface area contributed by atoms with Gasteiger partial charge in [0.1, 0.15) is 17.2 Å². The molecule has 4 rings (SSSR count). The molecule has 2 heterocycles. The van der Waals surface area contributed by atoms with E-state index >= 15 is 0 Å². The van der Waals surface area contributed by atoms with Crippen molar-refractivity contribution in [1.29, 1.82) is 0 Å². The maximum atomic E-state index is 13.3. The monoisotopic (exact) mass is 359 g/mol. The van der Waals surface area contributed by atoms with Gasteiger partial charge < -0.3 is 14.6 Å². The minimum absolute atomic E-state index is 0.0932. The molecule has 1 spiro atoms. The van der Waals surface area contributed by atoms with E-state index in [1.54, 1.807) is 18.0 Å². The third-order valence-corrected chi connectivity index (χ3v) is 5.58. The van der Waals surface area contributed by atoms with Gasteiger partial charge in [-0.1, -0.05) is 6.42 Å². The minimum Gasteiger partial charge on any atom is -0.458 e. The highest BCUT2D eigenvalue weighted by Crippen LogP contribution is 2.44. The Balaban J connectivity index is 1.52. The Morgan fingerprint density at radius 1 is 1.38 bits per heavy atom. The number of halogens is 1. The molecule has 1 aromatic carbocycles. The summed E-state index contributed by atoms with van der Waals surface area (Å²) in [4.78, 5) is 34.0. The van der Waals surface area contributed by atoms with Crippen molar-refractivity contribution in [3.8, 4) is 0 Å². The van der Waals surface area contributed by atoms with Gasteiger partial charge in [-0.2, -0.15) is 0 Å². The summed E-state index contributed by atoms with van der Waals surface area (Å²) in [5.74, 6) is -0.549. The molecule has 2 aromatic rings. The molecular formula is C19H22FN3O3. The van der Waals surface area contributed by atoms with Crippen LogP contribution in [0.4, 0.5) is 4.39 Å². The van der Waals surface area contributed by atoms with Crippen LogP contribution in [0.5, 0.6) is 0 Å². The van der Waals surface area contributed by atoms with Crippen LogP contribution >= 0.6 is 0 Å². The van der Waals surface area contributed by atoms with Gasteiger partial charge in [0.05, 0.1) is 29.9 Å². The van der Waals surface area contributed by atoms with E-state index in [4.69, 9.17) is 4.74 Å². The molecule has 1 aliphatic carbocycles. The van der Waals surface area contributed by atoms with Gasteiger partial charge in [-0.3, -0.25) is 9.59 Å². The standard InChI is InChI=1S/C19H22FN3O3/c1-23(11-16-21-14-6-5-12(20)9-15(14)22-16)18(25)13-10-17(24)26-19(13)7-3-2-4-8-19/h5-6,9,13H,2-4,7-8,10-11H2,1H3,(H,21,22). The van der Waals surface area contributed by atoms with Crippen LogP contribution in [0.2, 0.25) is 0 Å². The smallest absolute Gasteiger partial charge is 0.307 e. The molecule has 1 aromatic heterocycles. The zero-order chi connectivity index (χ0) is 18.3. The molecule has 0 bridgehead atoms. The van der Waals surface area contributed by atoms with Gasteiger partial charge in [0.25, 0.3) is 0 Å². The zero-order valence-electron chi connectivity index (χ0n) is 14.8. The van der Waals surface area contributed by atoms with Crippen LogP contribution < -0.4 is 0 Å². The summed E-state index contributed by atoms with van der Waals surface area (Å²) in [7, 11) is 1.70. The lowest BCUT2D eigenvalue weighted by molar-refractivity contribution is -0.155. The van der Waals surface area contributed by atoms with Crippen LogP contribution in [-0.4, -0.2) is 39.4 Å². The Labute approximate surface area is 150 Å². The van der Waals surface area contributed by atoms with E-state index in [-0.39, 0.29) is 30.7 Å². The minimum atomic E-state index is -0.627. The van der Waals surface area contributed by atoms with Gasteiger partial charge in [0.2, 0.25) is 5.91 Å². The molecule has 1 aliphatic heterocycles. The number of imidazole rings is 1. The molecule has 2 fully saturated rings. The Bertz CT molecular complexity index is 857. The number of carbonyl (C=O) groups excluding carboxylic acids is 2. The molecule has 138 valence electrons. The van der Waals surface area contributed by atoms with Gasteiger partial charge in [-0.15, -0.1) is 0 Å². The first-order valence-electron chi connectivity index (χ1n) is 9.08. The molecule has 1 unspecified atom stereocenters. The summed E-state index contributed by atoms with van der Waals surface area (Å²) in [5, 5.41) is 0. The molecule has 6 nitrogen and oxygen atoms in total. The van der Waals surface area contributed by atoms with Gasteiger partial charge >= 0.3 is 5.97 Å². The van der Waals surface area contributed by atoms with E-state index in [0.717, 1.165) is 32.1 Å². The molecule has 1 amide bonds. The first-order chi connectivity index (χ1) is 12.5. The van der Waals surface area contributed by atoms with Crippen LogP contribution in [0, 0.1) is 11.7 Å². The Morgan fingerprint density at radius 3 is 2.92 bits per heavy atom. The van der Waals surface area contributed by atoms with Gasteiger partial charge in [0, 0.05) is 7.05 Å². The molecule has 1 N–H and O–H groups in total. The fraction of sp³-hybridized carbons (Fsp3) is 0.526. The third kappa shape index (κ3) is 2.95. The first kappa shape index (κ1) is 17.0. The summed E-state index contributed by atoms with van der Waals surface area (Å²) in [6.07, 6.45) is 4.74. The third-order valence-electron chi connectivity index (χ3n) is 5.58. The molecule has 2 aliphatic rings. The van der Waals surface area contributed by atoms with Crippen molar-refractivity contribution < 1.29 is 18.7 Å². The Hall–Kier alpha value is -2.44.